The molecule has 0 fully saturated rings. The minimum Gasteiger partial charge on any atom is -0.526 e. The van der Waals surface area contributed by atoms with Crippen LogP contribution in [0.5, 0.6) is 11.5 Å². The van der Waals surface area contributed by atoms with Gasteiger partial charge in [0, 0.05) is 34.1 Å². The predicted molar refractivity (Wildman–Crippen MR) is 179 cm³/mol. The van der Waals surface area contributed by atoms with Gasteiger partial charge in [-0.05, 0) is 111 Å². The lowest BCUT2D eigenvalue weighted by molar-refractivity contribution is 0.459. The van der Waals surface area contributed by atoms with Gasteiger partial charge in [-0.25, -0.2) is 0 Å². The van der Waals surface area contributed by atoms with Crippen LogP contribution in [0.3, 0.4) is 0 Å². The number of nitrogens with zero attached hydrogens (tertiary/aromatic N) is 2. The van der Waals surface area contributed by atoms with Crippen LogP contribution >= 0.6 is 0 Å². The van der Waals surface area contributed by atoms with E-state index in [0.717, 1.165) is 34.1 Å². The third-order valence-corrected chi connectivity index (χ3v) is 7.17. The summed E-state index contributed by atoms with van der Waals surface area (Å²) in [6, 6.07) is 53.7. The second kappa shape index (κ2) is 13.0. The molecule has 0 N–H and O–H groups in total. The zero-order valence-electron chi connectivity index (χ0n) is 24.3. The van der Waals surface area contributed by atoms with Gasteiger partial charge in [0.25, 0.3) is 0 Å². The van der Waals surface area contributed by atoms with Crippen molar-refractivity contribution in [1.29, 1.82) is 0 Å². The van der Waals surface area contributed by atoms with Gasteiger partial charge in [0.2, 0.25) is 0 Å². The molecule has 4 nitrogen and oxygen atoms in total. The summed E-state index contributed by atoms with van der Waals surface area (Å²) >= 11 is 0. The summed E-state index contributed by atoms with van der Waals surface area (Å²) in [6.45, 7) is 4.20. The lowest BCUT2D eigenvalue weighted by Gasteiger charge is -2.26. The third kappa shape index (κ3) is 6.74. The number of aryl methyl sites for hydroxylation is 2. The molecule has 0 heterocycles. The Morgan fingerprint density at radius 2 is 0.628 bits per heavy atom. The van der Waals surface area contributed by atoms with Crippen molar-refractivity contribution >= 4 is 41.8 Å². The molecule has 0 aliphatic heterocycles. The Bertz CT molecular complexity index is 1590. The Labute approximate surface area is 254 Å². The highest BCUT2D eigenvalue weighted by Gasteiger charge is 2.14. The number of rotatable bonds is 10. The minimum atomic E-state index is 0.687. The number of anilines is 6. The summed E-state index contributed by atoms with van der Waals surface area (Å²) < 4.78 is 11.6. The first-order valence-electron chi connectivity index (χ1n) is 14.3. The molecule has 5 heteroatoms. The van der Waals surface area contributed by atoms with Gasteiger partial charge in [-0.1, -0.05) is 71.8 Å². The highest BCUT2D eigenvalue weighted by molar-refractivity contribution is 6.20. The topological polar surface area (TPSA) is 24.9 Å². The molecule has 0 saturated carbocycles. The molecule has 0 amide bonds. The molecular weight excluding hydrogens is 527 g/mol. The van der Waals surface area contributed by atoms with E-state index >= 15 is 0 Å². The minimum absolute atomic E-state index is 0.687. The van der Waals surface area contributed by atoms with Crippen LogP contribution in [0, 0.1) is 13.8 Å². The second-order valence-electron chi connectivity index (χ2n) is 10.3. The molecule has 0 spiro atoms. The van der Waals surface area contributed by atoms with Gasteiger partial charge < -0.3 is 19.1 Å². The quantitative estimate of drug-likeness (QED) is 0.156. The number of hydrogen-bond donors (Lipinski definition) is 0. The molecule has 0 unspecified atom stereocenters. The van der Waals surface area contributed by atoms with Crippen LogP contribution in [-0.4, -0.2) is 7.69 Å². The van der Waals surface area contributed by atoms with E-state index in [4.69, 9.17) is 9.31 Å². The van der Waals surface area contributed by atoms with Crippen molar-refractivity contribution in [1.82, 2.24) is 0 Å². The zero-order chi connectivity index (χ0) is 29.4. The Kier molecular flexibility index (Phi) is 8.42. The van der Waals surface area contributed by atoms with E-state index in [0.29, 0.717) is 11.5 Å². The van der Waals surface area contributed by atoms with Gasteiger partial charge >= 0.3 is 7.69 Å². The van der Waals surface area contributed by atoms with Gasteiger partial charge in [0.15, 0.2) is 0 Å². The lowest BCUT2D eigenvalue weighted by Crippen LogP contribution is -2.12. The molecule has 0 saturated heterocycles. The van der Waals surface area contributed by atoms with E-state index in [2.05, 4.69) is 121 Å². The number of para-hydroxylation sites is 2. The SMILES string of the molecule is Cc1ccc(N(c2ccccc2)c2ccc(O[B]Oc3ccc(N(c4ccccc4)c4ccc(C)cc4)cc3)cc2)cc1. The maximum absolute atomic E-state index is 5.82. The van der Waals surface area contributed by atoms with E-state index < -0.39 is 0 Å². The van der Waals surface area contributed by atoms with E-state index in [1.54, 1.807) is 0 Å². The molecule has 0 aliphatic rings. The van der Waals surface area contributed by atoms with E-state index in [1.807, 2.05) is 60.7 Å². The normalized spacial score (nSPS) is 10.6. The standard InChI is InChI=1S/C38H32BN2O2/c1-29-13-17-33(18-14-29)40(31-9-5-3-6-10-31)35-21-25-37(26-22-35)42-39-43-38-27-23-36(24-28-38)41(32-11-7-4-8-12-32)34-19-15-30(2)16-20-34/h3-28H,1-2H3. The van der Waals surface area contributed by atoms with Crippen LogP contribution in [0.1, 0.15) is 11.1 Å². The fourth-order valence-corrected chi connectivity index (χ4v) is 4.92. The van der Waals surface area contributed by atoms with Crippen molar-refractivity contribution in [2.75, 3.05) is 9.80 Å². The lowest BCUT2D eigenvalue weighted by atomic mass is 10.1. The van der Waals surface area contributed by atoms with E-state index in [9.17, 15) is 0 Å². The summed E-state index contributed by atoms with van der Waals surface area (Å²) in [6.07, 6.45) is 0. The number of hydrogen-bond acceptors (Lipinski definition) is 4. The van der Waals surface area contributed by atoms with Gasteiger partial charge in [-0.3, -0.25) is 0 Å². The number of benzene rings is 6. The second-order valence-corrected chi connectivity index (χ2v) is 10.3. The smallest absolute Gasteiger partial charge is 0.526 e. The average molecular weight is 559 g/mol. The molecule has 0 aliphatic carbocycles. The molecule has 43 heavy (non-hydrogen) atoms. The van der Waals surface area contributed by atoms with Crippen molar-refractivity contribution in [3.05, 3.63) is 169 Å². The summed E-state index contributed by atoms with van der Waals surface area (Å²) in [5.41, 5.74) is 8.90. The van der Waals surface area contributed by atoms with Crippen LogP contribution in [0.4, 0.5) is 34.1 Å². The fourth-order valence-electron chi connectivity index (χ4n) is 4.92. The Balaban J connectivity index is 1.12. The van der Waals surface area contributed by atoms with Crippen LogP contribution in [0.25, 0.3) is 0 Å². The molecule has 0 bridgehead atoms. The average Bonchev–Trinajstić information content (AvgIpc) is 3.06. The van der Waals surface area contributed by atoms with E-state index in [-0.39, 0.29) is 0 Å². The molecule has 0 atom stereocenters. The Morgan fingerprint density at radius 1 is 0.349 bits per heavy atom. The summed E-state index contributed by atoms with van der Waals surface area (Å²) in [5, 5.41) is 0. The van der Waals surface area contributed by atoms with Crippen molar-refractivity contribution in [3.8, 4) is 11.5 Å². The summed E-state index contributed by atoms with van der Waals surface area (Å²) in [4.78, 5) is 4.45. The van der Waals surface area contributed by atoms with Crippen LogP contribution in [-0.2, 0) is 0 Å². The molecule has 209 valence electrons. The summed E-state index contributed by atoms with van der Waals surface area (Å²) in [5.74, 6) is 1.37. The first-order chi connectivity index (χ1) is 21.1. The molecule has 1 radical (unpaired) electrons. The highest BCUT2D eigenvalue weighted by atomic mass is 16.6. The van der Waals surface area contributed by atoms with Crippen molar-refractivity contribution in [2.24, 2.45) is 0 Å². The largest absolute Gasteiger partial charge is 0.658 e. The Morgan fingerprint density at radius 3 is 0.953 bits per heavy atom. The summed E-state index contributed by atoms with van der Waals surface area (Å²) in [7, 11) is 1.37. The third-order valence-electron chi connectivity index (χ3n) is 7.17. The fraction of sp³-hybridized carbons (Fsp3) is 0.0526. The maximum Gasteiger partial charge on any atom is 0.658 e. The molecule has 6 aromatic rings. The van der Waals surface area contributed by atoms with Crippen molar-refractivity contribution < 1.29 is 9.31 Å². The van der Waals surface area contributed by atoms with Crippen LogP contribution in [0.15, 0.2) is 158 Å². The predicted octanol–water partition coefficient (Wildman–Crippen LogP) is 10.2. The van der Waals surface area contributed by atoms with Gasteiger partial charge in [-0.15, -0.1) is 0 Å². The van der Waals surface area contributed by atoms with Crippen LogP contribution in [0.2, 0.25) is 0 Å². The molecular formula is C38H32BN2O2. The van der Waals surface area contributed by atoms with Crippen LogP contribution < -0.4 is 19.1 Å². The Hall–Kier alpha value is -5.42. The van der Waals surface area contributed by atoms with Gasteiger partial charge in [-0.2, -0.15) is 0 Å². The first kappa shape index (κ1) is 27.7. The van der Waals surface area contributed by atoms with Gasteiger partial charge in [0.05, 0.1) is 0 Å². The van der Waals surface area contributed by atoms with Gasteiger partial charge in [0.1, 0.15) is 11.5 Å². The van der Waals surface area contributed by atoms with Crippen molar-refractivity contribution in [3.63, 3.8) is 0 Å². The monoisotopic (exact) mass is 559 g/mol. The molecule has 6 aromatic carbocycles. The highest BCUT2D eigenvalue weighted by Crippen LogP contribution is 2.36. The molecule has 0 aromatic heterocycles. The van der Waals surface area contributed by atoms with E-state index in [1.165, 1.54) is 18.8 Å². The first-order valence-corrected chi connectivity index (χ1v) is 14.3. The maximum atomic E-state index is 5.82. The zero-order valence-corrected chi connectivity index (χ0v) is 24.3. The molecule has 6 rings (SSSR count). The van der Waals surface area contributed by atoms with Crippen molar-refractivity contribution in [2.45, 2.75) is 13.8 Å².